The van der Waals surface area contributed by atoms with Gasteiger partial charge in [-0.1, -0.05) is 11.6 Å². The highest BCUT2D eigenvalue weighted by Gasteiger charge is 2.12. The quantitative estimate of drug-likeness (QED) is 0.401. The Balaban J connectivity index is 1.80. The average Bonchev–Trinajstić information content (AvgIpc) is 2.70. The van der Waals surface area contributed by atoms with Crippen LogP contribution in [0.15, 0.2) is 34.8 Å². The average molecular weight is 515 g/mol. The Bertz CT molecular complexity index is 948. The lowest BCUT2D eigenvalue weighted by atomic mass is 10.1. The first-order valence-corrected chi connectivity index (χ1v) is 10.5. The minimum Gasteiger partial charge on any atom is -0.493 e. The van der Waals surface area contributed by atoms with E-state index in [4.69, 9.17) is 33.3 Å². The smallest absolute Gasteiger partial charge is 0.276 e. The molecule has 0 saturated heterocycles. The number of hydrazine groups is 1. The van der Waals surface area contributed by atoms with Crippen molar-refractivity contribution >= 4 is 56.7 Å². The number of carbonyl (C=O) groups excluding carboxylic acids is 2. The molecule has 0 aromatic heterocycles. The van der Waals surface area contributed by atoms with Crippen LogP contribution in [0.2, 0.25) is 5.02 Å². The number of rotatable bonds is 6. The molecular formula is C20H21BrClN3O4S. The Morgan fingerprint density at radius 1 is 1.10 bits per heavy atom. The fourth-order valence-electron chi connectivity index (χ4n) is 2.42. The summed E-state index contributed by atoms with van der Waals surface area (Å²) in [6, 6.07) is 8.39. The van der Waals surface area contributed by atoms with Gasteiger partial charge in [-0.2, -0.15) is 0 Å². The molecule has 2 aromatic rings. The van der Waals surface area contributed by atoms with Crippen molar-refractivity contribution in [1.29, 1.82) is 0 Å². The monoisotopic (exact) mass is 513 g/mol. The number of thiocarbonyl (C=S) groups is 1. The molecule has 0 aliphatic heterocycles. The van der Waals surface area contributed by atoms with E-state index >= 15 is 0 Å². The molecule has 3 N–H and O–H groups in total. The standard InChI is InChI=1S/C20H21BrClN3O4S/c1-4-28-16-6-5-13(9-15(16)21)19(27)23-20(30)25-24-17(26)10-29-14-7-11(2)18(22)12(3)8-14/h5-9H,4,10H2,1-3H3,(H,24,26)(H2,23,25,27,30). The van der Waals surface area contributed by atoms with Crippen molar-refractivity contribution in [3.63, 3.8) is 0 Å². The van der Waals surface area contributed by atoms with E-state index in [-0.39, 0.29) is 11.7 Å². The maximum Gasteiger partial charge on any atom is 0.276 e. The van der Waals surface area contributed by atoms with Crippen LogP contribution < -0.4 is 25.6 Å². The normalized spacial score (nSPS) is 10.2. The van der Waals surface area contributed by atoms with Gasteiger partial charge >= 0.3 is 0 Å². The first-order chi connectivity index (χ1) is 14.2. The molecule has 0 radical (unpaired) electrons. The maximum absolute atomic E-state index is 12.3. The lowest BCUT2D eigenvalue weighted by Gasteiger charge is -2.13. The van der Waals surface area contributed by atoms with Crippen molar-refractivity contribution in [2.75, 3.05) is 13.2 Å². The number of amides is 2. The van der Waals surface area contributed by atoms with Gasteiger partial charge in [-0.05, 0) is 90.4 Å². The van der Waals surface area contributed by atoms with E-state index in [0.29, 0.717) is 33.2 Å². The van der Waals surface area contributed by atoms with Crippen LogP contribution in [-0.2, 0) is 4.79 Å². The third-order valence-electron chi connectivity index (χ3n) is 3.82. The molecule has 7 nitrogen and oxygen atoms in total. The molecule has 160 valence electrons. The van der Waals surface area contributed by atoms with Crippen LogP contribution in [0.1, 0.15) is 28.4 Å². The van der Waals surface area contributed by atoms with Crippen LogP contribution in [0.4, 0.5) is 0 Å². The van der Waals surface area contributed by atoms with E-state index in [2.05, 4.69) is 32.1 Å². The van der Waals surface area contributed by atoms with E-state index in [9.17, 15) is 9.59 Å². The van der Waals surface area contributed by atoms with E-state index in [1.165, 1.54) is 0 Å². The number of carbonyl (C=O) groups is 2. The molecule has 0 spiro atoms. The molecule has 2 aromatic carbocycles. The Hall–Kier alpha value is -2.36. The van der Waals surface area contributed by atoms with E-state index in [0.717, 1.165) is 11.1 Å². The van der Waals surface area contributed by atoms with Gasteiger partial charge in [0, 0.05) is 10.6 Å². The summed E-state index contributed by atoms with van der Waals surface area (Å²) in [5, 5.41) is 3.08. The molecule has 30 heavy (non-hydrogen) atoms. The fourth-order valence-corrected chi connectivity index (χ4v) is 3.17. The maximum atomic E-state index is 12.3. The van der Waals surface area contributed by atoms with Gasteiger partial charge in [-0.15, -0.1) is 0 Å². The van der Waals surface area contributed by atoms with Crippen LogP contribution >= 0.6 is 39.7 Å². The van der Waals surface area contributed by atoms with Crippen molar-refractivity contribution in [3.05, 3.63) is 56.5 Å². The van der Waals surface area contributed by atoms with E-state index < -0.39 is 11.8 Å². The lowest BCUT2D eigenvalue weighted by molar-refractivity contribution is -0.123. The molecule has 2 rings (SSSR count). The van der Waals surface area contributed by atoms with Crippen molar-refractivity contribution < 1.29 is 19.1 Å². The van der Waals surface area contributed by atoms with Crippen LogP contribution in [0.5, 0.6) is 11.5 Å². The Morgan fingerprint density at radius 3 is 2.37 bits per heavy atom. The van der Waals surface area contributed by atoms with E-state index in [1.54, 1.807) is 30.3 Å². The van der Waals surface area contributed by atoms with Crippen LogP contribution in [0.25, 0.3) is 0 Å². The van der Waals surface area contributed by atoms with E-state index in [1.807, 2.05) is 20.8 Å². The van der Waals surface area contributed by atoms with Gasteiger partial charge in [0.25, 0.3) is 11.8 Å². The second-order valence-electron chi connectivity index (χ2n) is 6.19. The Kier molecular flexibility index (Phi) is 8.88. The minimum absolute atomic E-state index is 0.0588. The Morgan fingerprint density at radius 2 is 1.77 bits per heavy atom. The largest absolute Gasteiger partial charge is 0.493 e. The molecule has 0 bridgehead atoms. The van der Waals surface area contributed by atoms with Crippen LogP contribution in [-0.4, -0.2) is 30.1 Å². The second-order valence-corrected chi connectivity index (χ2v) is 7.83. The van der Waals surface area contributed by atoms with Gasteiger partial charge in [-0.25, -0.2) is 0 Å². The minimum atomic E-state index is -0.472. The number of halogens is 2. The predicted molar refractivity (Wildman–Crippen MR) is 123 cm³/mol. The zero-order chi connectivity index (χ0) is 22.3. The summed E-state index contributed by atoms with van der Waals surface area (Å²) < 4.78 is 11.5. The van der Waals surface area contributed by atoms with Crippen molar-refractivity contribution in [2.45, 2.75) is 20.8 Å². The molecule has 0 aliphatic rings. The molecule has 0 fully saturated rings. The summed E-state index contributed by atoms with van der Waals surface area (Å²) in [6.45, 7) is 5.85. The summed E-state index contributed by atoms with van der Waals surface area (Å²) in [7, 11) is 0. The van der Waals surface area contributed by atoms with Crippen molar-refractivity contribution in [3.8, 4) is 11.5 Å². The number of benzene rings is 2. The molecule has 0 atom stereocenters. The van der Waals surface area contributed by atoms with Crippen molar-refractivity contribution in [1.82, 2.24) is 16.2 Å². The van der Waals surface area contributed by atoms with Crippen molar-refractivity contribution in [2.24, 2.45) is 0 Å². The summed E-state index contributed by atoms with van der Waals surface area (Å²) in [5.74, 6) is 0.254. The number of ether oxygens (including phenoxy) is 2. The zero-order valence-electron chi connectivity index (χ0n) is 16.6. The summed E-state index contributed by atoms with van der Waals surface area (Å²) >= 11 is 14.5. The highest BCUT2D eigenvalue weighted by molar-refractivity contribution is 9.10. The van der Waals surface area contributed by atoms with Gasteiger partial charge in [0.2, 0.25) is 0 Å². The summed E-state index contributed by atoms with van der Waals surface area (Å²) in [6.07, 6.45) is 0. The highest BCUT2D eigenvalue weighted by atomic mass is 79.9. The predicted octanol–water partition coefficient (Wildman–Crippen LogP) is 3.83. The Labute approximate surface area is 193 Å². The summed E-state index contributed by atoms with van der Waals surface area (Å²) in [4.78, 5) is 24.2. The molecule has 0 saturated carbocycles. The fraction of sp³-hybridized carbons (Fsp3) is 0.250. The molecule has 10 heteroatoms. The molecule has 0 aliphatic carbocycles. The van der Waals surface area contributed by atoms with Gasteiger partial charge < -0.3 is 9.47 Å². The molecule has 0 unspecified atom stereocenters. The molecule has 2 amide bonds. The first-order valence-electron chi connectivity index (χ1n) is 8.93. The van der Waals surface area contributed by atoms with Gasteiger partial charge in [0.1, 0.15) is 11.5 Å². The third kappa shape index (κ3) is 6.86. The number of hydrogen-bond donors (Lipinski definition) is 3. The summed E-state index contributed by atoms with van der Waals surface area (Å²) in [5.41, 5.74) is 6.91. The van der Waals surface area contributed by atoms with Crippen LogP contribution in [0.3, 0.4) is 0 Å². The number of aryl methyl sites for hydroxylation is 2. The number of nitrogens with one attached hydrogen (secondary N) is 3. The SMILES string of the molecule is CCOc1ccc(C(=O)NC(=S)NNC(=O)COc2cc(C)c(Cl)c(C)c2)cc1Br. The first kappa shape index (κ1) is 23.9. The highest BCUT2D eigenvalue weighted by Crippen LogP contribution is 2.26. The lowest BCUT2D eigenvalue weighted by Crippen LogP contribution is -2.49. The number of hydrogen-bond acceptors (Lipinski definition) is 5. The van der Waals surface area contributed by atoms with Gasteiger partial charge in [-0.3, -0.25) is 25.8 Å². The topological polar surface area (TPSA) is 88.7 Å². The third-order valence-corrected chi connectivity index (χ3v) is 5.24. The molecular weight excluding hydrogens is 494 g/mol. The van der Waals surface area contributed by atoms with Crippen LogP contribution in [0, 0.1) is 13.8 Å². The molecule has 0 heterocycles. The zero-order valence-corrected chi connectivity index (χ0v) is 19.8. The van der Waals surface area contributed by atoms with Gasteiger partial charge in [0.05, 0.1) is 11.1 Å². The van der Waals surface area contributed by atoms with Gasteiger partial charge in [0.15, 0.2) is 11.7 Å². The second kappa shape index (κ2) is 11.1.